The summed E-state index contributed by atoms with van der Waals surface area (Å²) in [7, 11) is 0. The summed E-state index contributed by atoms with van der Waals surface area (Å²) >= 11 is 1.41. The van der Waals surface area contributed by atoms with E-state index in [1.807, 2.05) is 61.5 Å². The number of allylic oxidation sites excluding steroid dienone is 1. The van der Waals surface area contributed by atoms with Gasteiger partial charge in [-0.15, -0.1) is 0 Å². The summed E-state index contributed by atoms with van der Waals surface area (Å²) in [5.74, 6) is -0.180. The minimum Gasteiger partial charge on any atom is -0.507 e. The Labute approximate surface area is 160 Å². The summed E-state index contributed by atoms with van der Waals surface area (Å²) in [6.45, 7) is 1.86. The summed E-state index contributed by atoms with van der Waals surface area (Å²) in [5, 5.41) is 19.3. The van der Waals surface area contributed by atoms with E-state index in [0.29, 0.717) is 10.5 Å². The van der Waals surface area contributed by atoms with Crippen molar-refractivity contribution in [1.82, 2.24) is 5.43 Å². The summed E-state index contributed by atoms with van der Waals surface area (Å²) in [6.07, 6.45) is 1.47. The van der Waals surface area contributed by atoms with Gasteiger partial charge in [0, 0.05) is 16.2 Å². The molecular formula is C21H17N3O2S. The maximum absolute atomic E-state index is 12.6. The van der Waals surface area contributed by atoms with Gasteiger partial charge in [-0.3, -0.25) is 4.79 Å². The van der Waals surface area contributed by atoms with E-state index < -0.39 is 0 Å². The first-order valence-corrected chi connectivity index (χ1v) is 9.24. The third kappa shape index (κ3) is 3.39. The highest BCUT2D eigenvalue weighted by atomic mass is 32.2. The van der Waals surface area contributed by atoms with Crippen LogP contribution in [0.3, 0.4) is 0 Å². The second kappa shape index (κ2) is 7.17. The molecule has 0 aliphatic carbocycles. The van der Waals surface area contributed by atoms with Crippen LogP contribution >= 0.6 is 11.8 Å². The van der Waals surface area contributed by atoms with Crippen LogP contribution in [0, 0.1) is 0 Å². The largest absolute Gasteiger partial charge is 0.507 e. The Morgan fingerprint density at radius 2 is 1.89 bits per heavy atom. The van der Waals surface area contributed by atoms with Crippen molar-refractivity contribution in [2.75, 3.05) is 5.32 Å². The third-order valence-electron chi connectivity index (χ3n) is 4.28. The second-order valence-electron chi connectivity index (χ2n) is 6.10. The number of fused-ring (bicyclic) bond motifs is 2. The molecule has 3 aromatic carbocycles. The van der Waals surface area contributed by atoms with E-state index in [-0.39, 0.29) is 11.7 Å². The Bertz CT molecular complexity index is 1110. The Morgan fingerprint density at radius 3 is 2.78 bits per heavy atom. The molecule has 0 spiro atoms. The van der Waals surface area contributed by atoms with Crippen molar-refractivity contribution in [1.29, 1.82) is 0 Å². The fourth-order valence-electron chi connectivity index (χ4n) is 2.95. The van der Waals surface area contributed by atoms with Crippen molar-refractivity contribution in [3.05, 3.63) is 76.8 Å². The number of nitrogens with zero attached hydrogens (tertiary/aromatic N) is 1. The lowest BCUT2D eigenvalue weighted by Gasteiger charge is -2.20. The number of carbonyl (C=O) groups excluding carboxylic acids is 1. The van der Waals surface area contributed by atoms with Gasteiger partial charge in [0.2, 0.25) is 0 Å². The van der Waals surface area contributed by atoms with Crippen molar-refractivity contribution in [2.24, 2.45) is 5.10 Å². The zero-order chi connectivity index (χ0) is 18.8. The SMILES string of the molecule is CC1=C(C(=O)N/N=C/c2c(O)ccc3ccccc23)Sc2ccccc2N1. The average molecular weight is 375 g/mol. The van der Waals surface area contributed by atoms with Crippen LogP contribution in [0.1, 0.15) is 12.5 Å². The van der Waals surface area contributed by atoms with E-state index in [1.54, 1.807) is 6.07 Å². The predicted molar refractivity (Wildman–Crippen MR) is 110 cm³/mol. The standard InChI is InChI=1S/C21H17N3O2S/c1-13-20(27-19-9-5-4-8-17(19)23-13)21(26)24-22-12-16-15-7-3-2-6-14(15)10-11-18(16)25/h2-12,23,25H,1H3,(H,24,26)/b22-12+. The number of hydrazone groups is 1. The fourth-order valence-corrected chi connectivity index (χ4v) is 3.88. The first-order valence-electron chi connectivity index (χ1n) is 8.42. The highest BCUT2D eigenvalue weighted by molar-refractivity contribution is 8.04. The van der Waals surface area contributed by atoms with Crippen LogP contribution in [0.4, 0.5) is 5.69 Å². The lowest BCUT2D eigenvalue weighted by atomic mass is 10.0. The molecule has 0 fully saturated rings. The zero-order valence-electron chi connectivity index (χ0n) is 14.6. The van der Waals surface area contributed by atoms with Crippen molar-refractivity contribution < 1.29 is 9.90 Å². The lowest BCUT2D eigenvalue weighted by Crippen LogP contribution is -2.22. The van der Waals surface area contributed by atoms with Gasteiger partial charge in [0.05, 0.1) is 16.8 Å². The Balaban J connectivity index is 1.54. The highest BCUT2D eigenvalue weighted by Gasteiger charge is 2.21. The van der Waals surface area contributed by atoms with Gasteiger partial charge in [0.15, 0.2) is 0 Å². The zero-order valence-corrected chi connectivity index (χ0v) is 15.4. The topological polar surface area (TPSA) is 73.7 Å². The number of anilines is 1. The molecule has 3 aromatic rings. The molecule has 1 heterocycles. The number of para-hydroxylation sites is 1. The molecule has 1 aliphatic heterocycles. The normalized spacial score (nSPS) is 13.5. The van der Waals surface area contributed by atoms with E-state index in [0.717, 1.165) is 27.1 Å². The number of hydrogen-bond donors (Lipinski definition) is 3. The van der Waals surface area contributed by atoms with E-state index in [4.69, 9.17) is 0 Å². The van der Waals surface area contributed by atoms with Crippen molar-refractivity contribution >= 4 is 40.3 Å². The monoisotopic (exact) mass is 375 g/mol. The van der Waals surface area contributed by atoms with Gasteiger partial charge in [-0.2, -0.15) is 5.10 Å². The fraction of sp³-hybridized carbons (Fsp3) is 0.0476. The number of aromatic hydroxyl groups is 1. The van der Waals surface area contributed by atoms with Crippen LogP contribution in [0.15, 0.2) is 81.3 Å². The third-order valence-corrected chi connectivity index (χ3v) is 5.55. The molecule has 5 nitrogen and oxygen atoms in total. The lowest BCUT2D eigenvalue weighted by molar-refractivity contribution is -0.116. The predicted octanol–water partition coefficient (Wildman–Crippen LogP) is 4.44. The van der Waals surface area contributed by atoms with Crippen molar-refractivity contribution in [2.45, 2.75) is 11.8 Å². The molecule has 0 radical (unpaired) electrons. The molecule has 0 saturated carbocycles. The van der Waals surface area contributed by atoms with E-state index in [1.165, 1.54) is 18.0 Å². The molecule has 27 heavy (non-hydrogen) atoms. The maximum atomic E-state index is 12.6. The van der Waals surface area contributed by atoms with Gasteiger partial charge in [-0.25, -0.2) is 5.43 Å². The van der Waals surface area contributed by atoms with Gasteiger partial charge in [-0.05, 0) is 35.9 Å². The number of thioether (sulfide) groups is 1. The summed E-state index contributed by atoms with van der Waals surface area (Å²) in [6, 6.07) is 19.0. The molecule has 3 N–H and O–H groups in total. The first-order chi connectivity index (χ1) is 13.1. The van der Waals surface area contributed by atoms with Crippen LogP contribution in [-0.2, 0) is 4.79 Å². The number of nitrogens with one attached hydrogen (secondary N) is 2. The van der Waals surface area contributed by atoms with E-state index in [9.17, 15) is 9.90 Å². The summed E-state index contributed by atoms with van der Waals surface area (Å²) in [4.78, 5) is 14.1. The highest BCUT2D eigenvalue weighted by Crippen LogP contribution is 2.39. The number of hydrogen-bond acceptors (Lipinski definition) is 5. The minimum absolute atomic E-state index is 0.115. The first kappa shape index (κ1) is 17.2. The van der Waals surface area contributed by atoms with Crippen LogP contribution in [0.25, 0.3) is 10.8 Å². The van der Waals surface area contributed by atoms with Crippen molar-refractivity contribution in [3.63, 3.8) is 0 Å². The van der Waals surface area contributed by atoms with Crippen LogP contribution < -0.4 is 10.7 Å². The molecule has 0 bridgehead atoms. The summed E-state index contributed by atoms with van der Waals surface area (Å²) < 4.78 is 0. The molecule has 1 aliphatic rings. The van der Waals surface area contributed by atoms with Gasteiger partial charge in [0.25, 0.3) is 5.91 Å². The van der Waals surface area contributed by atoms with Gasteiger partial charge in [0.1, 0.15) is 5.75 Å². The second-order valence-corrected chi connectivity index (χ2v) is 7.15. The number of phenols is 1. The molecule has 0 saturated heterocycles. The Hall–Kier alpha value is -3.25. The molecule has 0 aromatic heterocycles. The molecule has 4 rings (SSSR count). The number of phenolic OH excluding ortho intramolecular Hbond substituents is 1. The number of rotatable bonds is 3. The van der Waals surface area contributed by atoms with Gasteiger partial charge >= 0.3 is 0 Å². The van der Waals surface area contributed by atoms with Crippen molar-refractivity contribution in [3.8, 4) is 5.75 Å². The molecule has 134 valence electrons. The number of amides is 1. The smallest absolute Gasteiger partial charge is 0.279 e. The molecule has 6 heteroatoms. The molecule has 0 atom stereocenters. The van der Waals surface area contributed by atoms with Crippen LogP contribution in [0.5, 0.6) is 5.75 Å². The van der Waals surface area contributed by atoms with Gasteiger partial charge < -0.3 is 10.4 Å². The Kier molecular flexibility index (Phi) is 4.56. The number of benzene rings is 3. The molecule has 1 amide bonds. The molecular weight excluding hydrogens is 358 g/mol. The number of carbonyl (C=O) groups is 1. The van der Waals surface area contributed by atoms with E-state index in [2.05, 4.69) is 15.8 Å². The average Bonchev–Trinajstić information content (AvgIpc) is 2.69. The minimum atomic E-state index is -0.296. The van der Waals surface area contributed by atoms with E-state index >= 15 is 0 Å². The molecule has 0 unspecified atom stereocenters. The Morgan fingerprint density at radius 1 is 1.11 bits per heavy atom. The van der Waals surface area contributed by atoms with Crippen LogP contribution in [-0.4, -0.2) is 17.2 Å². The summed E-state index contributed by atoms with van der Waals surface area (Å²) in [5.41, 5.74) is 4.89. The maximum Gasteiger partial charge on any atom is 0.279 e. The quantitative estimate of drug-likeness (QED) is 0.467. The van der Waals surface area contributed by atoms with Gasteiger partial charge in [-0.1, -0.05) is 54.2 Å². The van der Waals surface area contributed by atoms with Crippen LogP contribution in [0.2, 0.25) is 0 Å².